The molecule has 1 amide bonds. The van der Waals surface area contributed by atoms with Crippen molar-refractivity contribution in [2.45, 2.75) is 52.0 Å². The Hall–Kier alpha value is -3.89. The van der Waals surface area contributed by atoms with E-state index < -0.39 is 15.9 Å². The molecule has 0 fully saturated rings. The predicted octanol–water partition coefficient (Wildman–Crippen LogP) is 6.40. The van der Waals surface area contributed by atoms with Gasteiger partial charge in [0.25, 0.3) is 15.9 Å². The van der Waals surface area contributed by atoms with Crippen LogP contribution >= 0.6 is 11.6 Å². The molecule has 2 aromatic heterocycles. The van der Waals surface area contributed by atoms with Crippen LogP contribution in [0, 0.1) is 20.8 Å². The van der Waals surface area contributed by atoms with E-state index in [1.807, 2.05) is 19.1 Å². The third-order valence-corrected chi connectivity index (χ3v) is 7.55. The van der Waals surface area contributed by atoms with E-state index in [-0.39, 0.29) is 29.1 Å². The molecule has 0 aliphatic heterocycles. The Kier molecular flexibility index (Phi) is 8.27. The van der Waals surface area contributed by atoms with Crippen LogP contribution in [0.4, 0.5) is 11.6 Å². The van der Waals surface area contributed by atoms with Gasteiger partial charge in [-0.15, -0.1) is 0 Å². The average molecular weight is 569 g/mol. The first-order valence-corrected chi connectivity index (χ1v) is 14.1. The van der Waals surface area contributed by atoms with E-state index >= 15 is 0 Å². The van der Waals surface area contributed by atoms with Crippen LogP contribution < -0.4 is 14.8 Å². The number of aryl methyl sites for hydroxylation is 3. The summed E-state index contributed by atoms with van der Waals surface area (Å²) < 4.78 is 39.5. The Morgan fingerprint density at radius 1 is 1.00 bits per heavy atom. The van der Waals surface area contributed by atoms with E-state index in [4.69, 9.17) is 20.8 Å². The normalized spacial score (nSPS) is 11.5. The molecule has 0 spiro atoms. The van der Waals surface area contributed by atoms with Gasteiger partial charge in [-0.05, 0) is 92.4 Å². The van der Waals surface area contributed by atoms with Crippen LogP contribution in [0.2, 0.25) is 5.02 Å². The molecule has 2 heterocycles. The second kappa shape index (κ2) is 11.5. The summed E-state index contributed by atoms with van der Waals surface area (Å²) in [5.41, 5.74) is 3.58. The van der Waals surface area contributed by atoms with E-state index in [9.17, 15) is 13.2 Å². The molecule has 2 N–H and O–H groups in total. The molecule has 0 unspecified atom stereocenters. The van der Waals surface area contributed by atoms with Gasteiger partial charge in [-0.1, -0.05) is 25.4 Å². The summed E-state index contributed by atoms with van der Waals surface area (Å²) in [7, 11) is -3.91. The zero-order valence-electron chi connectivity index (χ0n) is 22.2. The Bertz CT molecular complexity index is 1600. The van der Waals surface area contributed by atoms with Gasteiger partial charge < -0.3 is 14.5 Å². The minimum Gasteiger partial charge on any atom is -0.485 e. The Morgan fingerprint density at radius 2 is 1.67 bits per heavy atom. The van der Waals surface area contributed by atoms with Crippen molar-refractivity contribution in [1.29, 1.82) is 0 Å². The molecule has 0 aliphatic carbocycles. The fourth-order valence-electron chi connectivity index (χ4n) is 3.83. The van der Waals surface area contributed by atoms with E-state index in [0.29, 0.717) is 33.6 Å². The fourth-order valence-corrected chi connectivity index (χ4v) is 4.95. The summed E-state index contributed by atoms with van der Waals surface area (Å²) in [5, 5.41) is 3.38. The molecule has 9 nitrogen and oxygen atoms in total. The van der Waals surface area contributed by atoms with Crippen molar-refractivity contribution in [1.82, 2.24) is 9.97 Å². The van der Waals surface area contributed by atoms with Crippen molar-refractivity contribution in [3.63, 3.8) is 0 Å². The number of ether oxygens (including phenoxy) is 1. The summed E-state index contributed by atoms with van der Waals surface area (Å²) in [5.74, 6) is 1.01. The zero-order valence-corrected chi connectivity index (χ0v) is 23.8. The molecule has 4 aromatic rings. The van der Waals surface area contributed by atoms with E-state index in [1.165, 1.54) is 24.3 Å². The van der Waals surface area contributed by atoms with Gasteiger partial charge >= 0.3 is 0 Å². The molecule has 0 radical (unpaired) electrons. The highest BCUT2D eigenvalue weighted by Crippen LogP contribution is 2.32. The highest BCUT2D eigenvalue weighted by molar-refractivity contribution is 7.92. The van der Waals surface area contributed by atoms with Crippen molar-refractivity contribution in [3.05, 3.63) is 93.7 Å². The number of hydrogen-bond donors (Lipinski definition) is 2. The van der Waals surface area contributed by atoms with Crippen LogP contribution in [-0.4, -0.2) is 24.3 Å². The molecule has 39 heavy (non-hydrogen) atoms. The van der Waals surface area contributed by atoms with Gasteiger partial charge in [-0.25, -0.2) is 23.1 Å². The predicted molar refractivity (Wildman–Crippen MR) is 150 cm³/mol. The molecule has 0 saturated carbocycles. The Balaban J connectivity index is 1.39. The van der Waals surface area contributed by atoms with Crippen LogP contribution in [0.15, 0.2) is 63.9 Å². The number of anilines is 2. The van der Waals surface area contributed by atoms with Gasteiger partial charge in [-0.2, -0.15) is 0 Å². The number of aromatic nitrogens is 2. The van der Waals surface area contributed by atoms with Crippen LogP contribution in [0.3, 0.4) is 0 Å². The lowest BCUT2D eigenvalue weighted by molar-refractivity contribution is 0.0992. The van der Waals surface area contributed by atoms with Crippen LogP contribution in [0.5, 0.6) is 5.75 Å². The first-order chi connectivity index (χ1) is 18.4. The van der Waals surface area contributed by atoms with E-state index in [0.717, 1.165) is 11.1 Å². The number of furan rings is 1. The molecule has 0 saturated heterocycles. The molecule has 0 atom stereocenters. The largest absolute Gasteiger partial charge is 0.485 e. The summed E-state index contributed by atoms with van der Waals surface area (Å²) in [6.45, 7) is 9.66. The topological polar surface area (TPSA) is 123 Å². The number of carbonyl (C=O) groups excluding carboxylic acids is 1. The van der Waals surface area contributed by atoms with Gasteiger partial charge in [0.2, 0.25) is 5.95 Å². The number of rotatable bonds is 9. The van der Waals surface area contributed by atoms with Gasteiger partial charge in [0.15, 0.2) is 5.76 Å². The van der Waals surface area contributed by atoms with E-state index in [2.05, 4.69) is 33.9 Å². The lowest BCUT2D eigenvalue weighted by Crippen LogP contribution is -2.16. The third kappa shape index (κ3) is 6.96. The second-order valence-electron chi connectivity index (χ2n) is 9.41. The zero-order chi connectivity index (χ0) is 28.3. The highest BCUT2D eigenvalue weighted by Gasteiger charge is 2.18. The van der Waals surface area contributed by atoms with Crippen LogP contribution in [-0.2, 0) is 16.6 Å². The Labute approximate surface area is 232 Å². The standard InChI is InChI=1S/C28H29ClN4O5S/c1-16(2)23-14-24(29)17(3)12-26(23)37-15-21-8-11-25(38-21)27(34)32-20-6-9-22(10-7-20)39(35,36)33-28-30-18(4)13-19(5)31-28/h6-14,16H,15H2,1-5H3,(H,32,34)(H,30,31,33). The van der Waals surface area contributed by atoms with Crippen molar-refractivity contribution in [2.24, 2.45) is 0 Å². The van der Waals surface area contributed by atoms with Crippen molar-refractivity contribution < 1.29 is 22.4 Å². The average Bonchev–Trinajstić information content (AvgIpc) is 3.33. The summed E-state index contributed by atoms with van der Waals surface area (Å²) in [4.78, 5) is 20.9. The molecule has 0 bridgehead atoms. The van der Waals surface area contributed by atoms with Crippen molar-refractivity contribution >= 4 is 39.2 Å². The summed E-state index contributed by atoms with van der Waals surface area (Å²) >= 11 is 6.27. The monoisotopic (exact) mass is 568 g/mol. The maximum absolute atomic E-state index is 12.7. The number of sulfonamides is 1. The Morgan fingerprint density at radius 3 is 2.31 bits per heavy atom. The number of nitrogens with one attached hydrogen (secondary N) is 2. The fraction of sp³-hybridized carbons (Fsp3) is 0.250. The van der Waals surface area contributed by atoms with E-state index in [1.54, 1.807) is 32.0 Å². The van der Waals surface area contributed by atoms with Gasteiger partial charge in [-0.3, -0.25) is 4.79 Å². The van der Waals surface area contributed by atoms with Crippen LogP contribution in [0.1, 0.15) is 58.6 Å². The second-order valence-corrected chi connectivity index (χ2v) is 11.5. The van der Waals surface area contributed by atoms with Crippen molar-refractivity contribution in [2.75, 3.05) is 10.0 Å². The molecular formula is C28H29ClN4O5S. The van der Waals surface area contributed by atoms with Gasteiger partial charge in [0.1, 0.15) is 18.1 Å². The number of nitrogens with zero attached hydrogens (tertiary/aromatic N) is 2. The molecule has 0 aliphatic rings. The lowest BCUT2D eigenvalue weighted by atomic mass is 10.0. The maximum Gasteiger partial charge on any atom is 0.291 e. The number of carbonyl (C=O) groups is 1. The quantitative estimate of drug-likeness (QED) is 0.239. The number of benzene rings is 2. The minimum atomic E-state index is -3.91. The van der Waals surface area contributed by atoms with Crippen molar-refractivity contribution in [3.8, 4) is 5.75 Å². The molecular weight excluding hydrogens is 540 g/mol. The number of hydrogen-bond acceptors (Lipinski definition) is 7. The van der Waals surface area contributed by atoms with Gasteiger partial charge in [0, 0.05) is 22.1 Å². The maximum atomic E-state index is 12.7. The van der Waals surface area contributed by atoms with Crippen LogP contribution in [0.25, 0.3) is 0 Å². The lowest BCUT2D eigenvalue weighted by Gasteiger charge is -2.15. The molecule has 11 heteroatoms. The first-order valence-electron chi connectivity index (χ1n) is 12.2. The van der Waals surface area contributed by atoms with Gasteiger partial charge in [0.05, 0.1) is 4.90 Å². The minimum absolute atomic E-state index is 0.00102. The summed E-state index contributed by atoms with van der Waals surface area (Å²) in [6.07, 6.45) is 0. The highest BCUT2D eigenvalue weighted by atomic mass is 35.5. The third-order valence-electron chi connectivity index (χ3n) is 5.80. The number of halogens is 1. The molecule has 2 aromatic carbocycles. The SMILES string of the molecule is Cc1cc(C)nc(NS(=O)(=O)c2ccc(NC(=O)c3ccc(COc4cc(C)c(Cl)cc4C(C)C)o3)cc2)n1. The first kappa shape index (κ1) is 28.1. The molecule has 204 valence electrons. The number of amides is 1. The smallest absolute Gasteiger partial charge is 0.291 e. The summed E-state index contributed by atoms with van der Waals surface area (Å²) in [6, 6.07) is 14.5. The molecule has 4 rings (SSSR count).